The highest BCUT2D eigenvalue weighted by molar-refractivity contribution is 6.42. The summed E-state index contributed by atoms with van der Waals surface area (Å²) in [5, 5.41) is 0.992. The largest absolute Gasteiger partial charge is 0.329 e. The van der Waals surface area contributed by atoms with E-state index < -0.39 is 0 Å². The van der Waals surface area contributed by atoms with Gasteiger partial charge in [0, 0.05) is 7.05 Å². The molecule has 0 radical (unpaired) electrons. The molecule has 0 atom stereocenters. The van der Waals surface area contributed by atoms with E-state index in [-0.39, 0.29) is 5.69 Å². The first kappa shape index (κ1) is 13.3. The molecule has 5 heteroatoms. The maximum atomic E-state index is 12.3. The lowest BCUT2D eigenvalue weighted by Crippen LogP contribution is -2.22. The van der Waals surface area contributed by atoms with E-state index in [0.717, 1.165) is 16.6 Å². The van der Waals surface area contributed by atoms with Gasteiger partial charge in [0.2, 0.25) is 0 Å². The summed E-state index contributed by atoms with van der Waals surface area (Å²) < 4.78 is 3.33. The number of nitrogens with zero attached hydrogens (tertiary/aromatic N) is 2. The third-order valence-corrected chi connectivity index (χ3v) is 4.27. The minimum atomic E-state index is -0.0674. The second-order valence-corrected chi connectivity index (χ2v) is 5.41. The molecule has 0 saturated carbocycles. The number of aryl methyl sites for hydroxylation is 1. The standard InChI is InChI=1S/C15H12Cl2N2O/c1-18-12-7-2-3-8-13(12)19(15(18)20)9-10-5-4-6-11(16)14(10)17/h2-8H,9H2,1H3. The van der Waals surface area contributed by atoms with E-state index in [1.165, 1.54) is 0 Å². The van der Waals surface area contributed by atoms with Gasteiger partial charge in [0.25, 0.3) is 0 Å². The van der Waals surface area contributed by atoms with E-state index in [1.54, 1.807) is 22.2 Å². The van der Waals surface area contributed by atoms with E-state index in [9.17, 15) is 4.79 Å². The molecule has 1 aromatic heterocycles. The van der Waals surface area contributed by atoms with Crippen LogP contribution >= 0.6 is 23.2 Å². The highest BCUT2D eigenvalue weighted by atomic mass is 35.5. The highest BCUT2D eigenvalue weighted by Crippen LogP contribution is 2.26. The van der Waals surface area contributed by atoms with Crippen LogP contribution < -0.4 is 5.69 Å². The average Bonchev–Trinajstić information content (AvgIpc) is 2.69. The van der Waals surface area contributed by atoms with Crippen LogP contribution in [-0.4, -0.2) is 9.13 Å². The Hall–Kier alpha value is -1.71. The molecule has 0 saturated heterocycles. The molecule has 0 aliphatic heterocycles. The smallest absolute Gasteiger partial charge is 0.295 e. The van der Waals surface area contributed by atoms with Crippen molar-refractivity contribution in [2.45, 2.75) is 6.54 Å². The van der Waals surface area contributed by atoms with E-state index in [2.05, 4.69) is 0 Å². The van der Waals surface area contributed by atoms with Gasteiger partial charge in [0.1, 0.15) is 0 Å². The number of hydrogen-bond donors (Lipinski definition) is 0. The topological polar surface area (TPSA) is 26.9 Å². The summed E-state index contributed by atoms with van der Waals surface area (Å²) in [4.78, 5) is 12.3. The zero-order valence-electron chi connectivity index (χ0n) is 10.8. The Morgan fingerprint density at radius 3 is 2.45 bits per heavy atom. The lowest BCUT2D eigenvalue weighted by molar-refractivity contribution is 0.736. The molecule has 0 aliphatic carbocycles. The Morgan fingerprint density at radius 1 is 1.00 bits per heavy atom. The predicted octanol–water partition coefficient (Wildman–Crippen LogP) is 3.70. The van der Waals surface area contributed by atoms with Gasteiger partial charge in [-0.2, -0.15) is 0 Å². The summed E-state index contributed by atoms with van der Waals surface area (Å²) in [6, 6.07) is 13.1. The highest BCUT2D eigenvalue weighted by Gasteiger charge is 2.12. The van der Waals surface area contributed by atoms with Gasteiger partial charge < -0.3 is 0 Å². The van der Waals surface area contributed by atoms with E-state index in [4.69, 9.17) is 23.2 Å². The van der Waals surface area contributed by atoms with Crippen LogP contribution in [-0.2, 0) is 13.6 Å². The van der Waals surface area contributed by atoms with Gasteiger partial charge in [0.05, 0.1) is 27.6 Å². The summed E-state index contributed by atoms with van der Waals surface area (Å²) in [5.74, 6) is 0. The molecule has 1 heterocycles. The summed E-state index contributed by atoms with van der Waals surface area (Å²) >= 11 is 12.2. The maximum Gasteiger partial charge on any atom is 0.329 e. The van der Waals surface area contributed by atoms with Crippen molar-refractivity contribution in [1.29, 1.82) is 0 Å². The second-order valence-electron chi connectivity index (χ2n) is 4.63. The Labute approximate surface area is 126 Å². The van der Waals surface area contributed by atoms with Gasteiger partial charge in [-0.25, -0.2) is 4.79 Å². The Balaban J connectivity index is 2.19. The zero-order chi connectivity index (χ0) is 14.3. The number of fused-ring (bicyclic) bond motifs is 1. The molecule has 3 nitrogen and oxygen atoms in total. The zero-order valence-corrected chi connectivity index (χ0v) is 12.3. The molecule has 0 N–H and O–H groups in total. The predicted molar refractivity (Wildman–Crippen MR) is 82.7 cm³/mol. The van der Waals surface area contributed by atoms with Gasteiger partial charge >= 0.3 is 5.69 Å². The Bertz CT molecular complexity index is 849. The molecule has 0 bridgehead atoms. The quantitative estimate of drug-likeness (QED) is 0.709. The van der Waals surface area contributed by atoms with Gasteiger partial charge in [-0.1, -0.05) is 47.5 Å². The SMILES string of the molecule is Cn1c(=O)n(Cc2cccc(Cl)c2Cl)c2ccccc21. The summed E-state index contributed by atoms with van der Waals surface area (Å²) in [6.07, 6.45) is 0. The molecule has 2 aromatic carbocycles. The van der Waals surface area contributed by atoms with E-state index in [0.29, 0.717) is 16.6 Å². The van der Waals surface area contributed by atoms with Crippen molar-refractivity contribution in [3.8, 4) is 0 Å². The van der Waals surface area contributed by atoms with Crippen LogP contribution in [0, 0.1) is 0 Å². The van der Waals surface area contributed by atoms with Crippen LogP contribution in [0.15, 0.2) is 47.3 Å². The van der Waals surface area contributed by atoms with Crippen LogP contribution in [0.5, 0.6) is 0 Å². The molecular formula is C15H12Cl2N2O. The summed E-state index contributed by atoms with van der Waals surface area (Å²) in [5.41, 5.74) is 2.55. The van der Waals surface area contributed by atoms with Gasteiger partial charge in [-0.05, 0) is 23.8 Å². The molecule has 0 spiro atoms. The number of halogens is 2. The minimum Gasteiger partial charge on any atom is -0.295 e. The first-order valence-corrected chi connectivity index (χ1v) is 6.92. The lowest BCUT2D eigenvalue weighted by Gasteiger charge is -2.07. The molecule has 102 valence electrons. The van der Waals surface area contributed by atoms with Gasteiger partial charge in [0.15, 0.2) is 0 Å². The van der Waals surface area contributed by atoms with Crippen molar-refractivity contribution in [3.63, 3.8) is 0 Å². The molecule has 0 aliphatic rings. The number of para-hydroxylation sites is 2. The molecule has 3 rings (SSSR count). The molecule has 3 aromatic rings. The Morgan fingerprint density at radius 2 is 1.70 bits per heavy atom. The molecule has 20 heavy (non-hydrogen) atoms. The minimum absolute atomic E-state index is 0.0674. The average molecular weight is 307 g/mol. The van der Waals surface area contributed by atoms with Crippen LogP contribution in [0.1, 0.15) is 5.56 Å². The van der Waals surface area contributed by atoms with Crippen molar-refractivity contribution in [2.24, 2.45) is 7.05 Å². The van der Waals surface area contributed by atoms with Crippen molar-refractivity contribution in [2.75, 3.05) is 0 Å². The first-order chi connectivity index (χ1) is 9.59. The van der Waals surface area contributed by atoms with Crippen molar-refractivity contribution in [3.05, 3.63) is 68.6 Å². The fourth-order valence-corrected chi connectivity index (χ4v) is 2.74. The number of rotatable bonds is 2. The first-order valence-electron chi connectivity index (χ1n) is 6.16. The van der Waals surface area contributed by atoms with Crippen molar-refractivity contribution >= 4 is 34.2 Å². The number of hydrogen-bond acceptors (Lipinski definition) is 1. The summed E-state index contributed by atoms with van der Waals surface area (Å²) in [7, 11) is 1.76. The number of imidazole rings is 1. The fraction of sp³-hybridized carbons (Fsp3) is 0.133. The van der Waals surface area contributed by atoms with E-state index in [1.807, 2.05) is 36.4 Å². The third-order valence-electron chi connectivity index (χ3n) is 3.41. The fourth-order valence-electron chi connectivity index (χ4n) is 2.36. The second kappa shape index (κ2) is 5.00. The van der Waals surface area contributed by atoms with Crippen LogP contribution in [0.25, 0.3) is 11.0 Å². The van der Waals surface area contributed by atoms with Crippen molar-refractivity contribution in [1.82, 2.24) is 9.13 Å². The van der Waals surface area contributed by atoms with Gasteiger partial charge in [-0.15, -0.1) is 0 Å². The number of benzene rings is 2. The van der Waals surface area contributed by atoms with Gasteiger partial charge in [-0.3, -0.25) is 9.13 Å². The van der Waals surface area contributed by atoms with Crippen LogP contribution in [0.2, 0.25) is 10.0 Å². The molecule has 0 unspecified atom stereocenters. The maximum absolute atomic E-state index is 12.3. The Kier molecular flexibility index (Phi) is 3.32. The molecule has 0 amide bonds. The van der Waals surface area contributed by atoms with E-state index >= 15 is 0 Å². The monoisotopic (exact) mass is 306 g/mol. The molecule has 0 fully saturated rings. The number of aromatic nitrogens is 2. The van der Waals surface area contributed by atoms with Crippen molar-refractivity contribution < 1.29 is 0 Å². The van der Waals surface area contributed by atoms with Crippen LogP contribution in [0.3, 0.4) is 0 Å². The summed E-state index contributed by atoms with van der Waals surface area (Å²) in [6.45, 7) is 0.402. The molecular weight excluding hydrogens is 295 g/mol. The third kappa shape index (κ3) is 2.03. The lowest BCUT2D eigenvalue weighted by atomic mass is 10.2. The normalized spacial score (nSPS) is 11.2. The van der Waals surface area contributed by atoms with Crippen LogP contribution in [0.4, 0.5) is 0 Å².